The molecule has 2 fully saturated rings. The molecule has 3 rings (SSSR count). The Labute approximate surface area is 135 Å². The van der Waals surface area contributed by atoms with E-state index in [4.69, 9.17) is 25.8 Å². The van der Waals surface area contributed by atoms with E-state index in [0.29, 0.717) is 49.9 Å². The molecule has 120 valence electrons. The number of ether oxygens (including phenoxy) is 3. The Kier molecular flexibility index (Phi) is 4.57. The van der Waals surface area contributed by atoms with E-state index in [9.17, 15) is 4.79 Å². The summed E-state index contributed by atoms with van der Waals surface area (Å²) in [6.45, 7) is 4.30. The molecule has 22 heavy (non-hydrogen) atoms. The molecule has 2 heterocycles. The SMILES string of the molecule is CC(Oc1cccc(Cl)c1)C(=O)N1CCC2(CC1)OCCO2. The number of likely N-dealkylation sites (tertiary alicyclic amines) is 1. The zero-order chi connectivity index (χ0) is 15.6. The molecular weight excluding hydrogens is 306 g/mol. The summed E-state index contributed by atoms with van der Waals surface area (Å²) in [5, 5.41) is 0.590. The monoisotopic (exact) mass is 325 g/mol. The summed E-state index contributed by atoms with van der Waals surface area (Å²) in [5.74, 6) is 0.116. The lowest BCUT2D eigenvalue weighted by Gasteiger charge is -2.38. The third-order valence-electron chi connectivity index (χ3n) is 4.11. The summed E-state index contributed by atoms with van der Waals surface area (Å²) >= 11 is 5.92. The zero-order valence-electron chi connectivity index (χ0n) is 12.6. The van der Waals surface area contributed by atoms with Crippen LogP contribution < -0.4 is 4.74 Å². The molecule has 0 aromatic heterocycles. The molecule has 0 N–H and O–H groups in total. The van der Waals surface area contributed by atoms with Crippen LogP contribution in [0, 0.1) is 0 Å². The number of nitrogens with zero attached hydrogens (tertiary/aromatic N) is 1. The van der Waals surface area contributed by atoms with Crippen molar-refractivity contribution >= 4 is 17.5 Å². The summed E-state index contributed by atoms with van der Waals surface area (Å²) in [7, 11) is 0. The van der Waals surface area contributed by atoms with E-state index < -0.39 is 11.9 Å². The Balaban J connectivity index is 1.55. The molecule has 0 aliphatic carbocycles. The molecular formula is C16H20ClNO4. The lowest BCUT2D eigenvalue weighted by Crippen LogP contribution is -2.50. The molecule has 2 aliphatic heterocycles. The molecule has 1 aromatic carbocycles. The highest BCUT2D eigenvalue weighted by Crippen LogP contribution is 2.31. The van der Waals surface area contributed by atoms with E-state index in [1.54, 1.807) is 31.2 Å². The third kappa shape index (κ3) is 3.37. The van der Waals surface area contributed by atoms with Gasteiger partial charge in [0.05, 0.1) is 13.2 Å². The van der Waals surface area contributed by atoms with E-state index in [0.717, 1.165) is 0 Å². The molecule has 6 heteroatoms. The first-order valence-corrected chi connectivity index (χ1v) is 7.95. The quantitative estimate of drug-likeness (QED) is 0.856. The smallest absolute Gasteiger partial charge is 0.263 e. The first-order chi connectivity index (χ1) is 10.6. The van der Waals surface area contributed by atoms with Crippen LogP contribution in [0.15, 0.2) is 24.3 Å². The molecule has 1 unspecified atom stereocenters. The summed E-state index contributed by atoms with van der Waals surface area (Å²) < 4.78 is 17.0. The van der Waals surface area contributed by atoms with Crippen LogP contribution in [0.25, 0.3) is 0 Å². The van der Waals surface area contributed by atoms with Crippen LogP contribution in [0.4, 0.5) is 0 Å². The van der Waals surface area contributed by atoms with Crippen LogP contribution >= 0.6 is 11.6 Å². The van der Waals surface area contributed by atoms with Crippen molar-refractivity contribution in [3.63, 3.8) is 0 Å². The average molecular weight is 326 g/mol. The molecule has 2 aliphatic rings. The summed E-state index contributed by atoms with van der Waals surface area (Å²) in [4.78, 5) is 14.3. The van der Waals surface area contributed by atoms with Crippen molar-refractivity contribution in [3.8, 4) is 5.75 Å². The molecule has 5 nitrogen and oxygen atoms in total. The van der Waals surface area contributed by atoms with E-state index in [-0.39, 0.29) is 5.91 Å². The van der Waals surface area contributed by atoms with E-state index in [2.05, 4.69) is 0 Å². The third-order valence-corrected chi connectivity index (χ3v) is 4.34. The van der Waals surface area contributed by atoms with Crippen LogP contribution in [-0.2, 0) is 14.3 Å². The van der Waals surface area contributed by atoms with Crippen LogP contribution in [0.5, 0.6) is 5.75 Å². The molecule has 1 amide bonds. The maximum atomic E-state index is 12.5. The molecule has 0 bridgehead atoms. The van der Waals surface area contributed by atoms with Crippen LogP contribution in [0.3, 0.4) is 0 Å². The van der Waals surface area contributed by atoms with Gasteiger partial charge in [-0.1, -0.05) is 17.7 Å². The van der Waals surface area contributed by atoms with Gasteiger partial charge in [-0.05, 0) is 25.1 Å². The fourth-order valence-electron chi connectivity index (χ4n) is 2.91. The normalized spacial score (nSPS) is 21.8. The van der Waals surface area contributed by atoms with Crippen molar-refractivity contribution in [2.45, 2.75) is 31.7 Å². The van der Waals surface area contributed by atoms with Crippen molar-refractivity contribution < 1.29 is 19.0 Å². The Morgan fingerprint density at radius 1 is 1.32 bits per heavy atom. The van der Waals surface area contributed by atoms with Crippen molar-refractivity contribution in [3.05, 3.63) is 29.3 Å². The maximum Gasteiger partial charge on any atom is 0.263 e. The van der Waals surface area contributed by atoms with Gasteiger partial charge < -0.3 is 19.1 Å². The number of amides is 1. The van der Waals surface area contributed by atoms with Gasteiger partial charge in [0, 0.05) is 31.0 Å². The zero-order valence-corrected chi connectivity index (χ0v) is 13.3. The number of rotatable bonds is 3. The molecule has 2 saturated heterocycles. The fraction of sp³-hybridized carbons (Fsp3) is 0.562. The number of hydrogen-bond donors (Lipinski definition) is 0. The van der Waals surface area contributed by atoms with Crippen LogP contribution in [-0.4, -0.2) is 49.0 Å². The standard InChI is InChI=1S/C16H20ClNO4/c1-12(22-14-4-2-3-13(17)11-14)15(19)18-7-5-16(6-8-18)20-9-10-21-16/h2-4,11-12H,5-10H2,1H3. The topological polar surface area (TPSA) is 48.0 Å². The second-order valence-corrected chi connectivity index (χ2v) is 6.09. The largest absolute Gasteiger partial charge is 0.481 e. The predicted molar refractivity (Wildman–Crippen MR) is 82.0 cm³/mol. The van der Waals surface area contributed by atoms with E-state index in [1.807, 2.05) is 4.90 Å². The van der Waals surface area contributed by atoms with Gasteiger partial charge in [-0.2, -0.15) is 0 Å². The minimum atomic E-state index is -0.544. The van der Waals surface area contributed by atoms with Gasteiger partial charge in [-0.25, -0.2) is 0 Å². The van der Waals surface area contributed by atoms with Crippen molar-refractivity contribution in [2.75, 3.05) is 26.3 Å². The number of carbonyl (C=O) groups excluding carboxylic acids is 1. The Bertz CT molecular complexity index is 535. The highest BCUT2D eigenvalue weighted by Gasteiger charge is 2.41. The highest BCUT2D eigenvalue weighted by molar-refractivity contribution is 6.30. The number of benzene rings is 1. The van der Waals surface area contributed by atoms with Gasteiger partial charge in [0.15, 0.2) is 11.9 Å². The lowest BCUT2D eigenvalue weighted by atomic mass is 10.0. The maximum absolute atomic E-state index is 12.5. The average Bonchev–Trinajstić information content (AvgIpc) is 2.95. The molecule has 1 aromatic rings. The van der Waals surface area contributed by atoms with Gasteiger partial charge in [0.1, 0.15) is 5.75 Å². The summed E-state index contributed by atoms with van der Waals surface area (Å²) in [6, 6.07) is 7.07. The van der Waals surface area contributed by atoms with E-state index in [1.165, 1.54) is 0 Å². The minimum absolute atomic E-state index is 0.0205. The second kappa shape index (κ2) is 6.44. The number of halogens is 1. The molecule has 0 radical (unpaired) electrons. The Morgan fingerprint density at radius 3 is 2.64 bits per heavy atom. The first-order valence-electron chi connectivity index (χ1n) is 7.57. The molecule has 1 spiro atoms. The number of hydrogen-bond acceptors (Lipinski definition) is 4. The predicted octanol–water partition coefficient (Wildman–Crippen LogP) is 2.47. The first kappa shape index (κ1) is 15.6. The summed E-state index contributed by atoms with van der Waals surface area (Å²) in [6.07, 6.45) is 0.878. The van der Waals surface area contributed by atoms with Crippen molar-refractivity contribution in [1.29, 1.82) is 0 Å². The van der Waals surface area contributed by atoms with Gasteiger partial charge >= 0.3 is 0 Å². The molecule has 0 saturated carbocycles. The Morgan fingerprint density at radius 2 is 2.00 bits per heavy atom. The van der Waals surface area contributed by atoms with Gasteiger partial charge in [-0.15, -0.1) is 0 Å². The number of carbonyl (C=O) groups is 1. The summed E-state index contributed by atoms with van der Waals surface area (Å²) in [5.41, 5.74) is 0. The van der Waals surface area contributed by atoms with E-state index >= 15 is 0 Å². The Hall–Kier alpha value is -1.30. The lowest BCUT2D eigenvalue weighted by molar-refractivity contribution is -0.188. The van der Waals surface area contributed by atoms with Crippen LogP contribution in [0.1, 0.15) is 19.8 Å². The highest BCUT2D eigenvalue weighted by atomic mass is 35.5. The minimum Gasteiger partial charge on any atom is -0.481 e. The van der Waals surface area contributed by atoms with Crippen molar-refractivity contribution in [1.82, 2.24) is 4.90 Å². The van der Waals surface area contributed by atoms with Crippen LogP contribution in [0.2, 0.25) is 5.02 Å². The van der Waals surface area contributed by atoms with Gasteiger partial charge in [-0.3, -0.25) is 4.79 Å². The van der Waals surface area contributed by atoms with Gasteiger partial charge in [0.25, 0.3) is 5.91 Å². The number of piperidine rings is 1. The molecule has 1 atom stereocenters. The second-order valence-electron chi connectivity index (χ2n) is 5.65. The van der Waals surface area contributed by atoms with Crippen molar-refractivity contribution in [2.24, 2.45) is 0 Å². The van der Waals surface area contributed by atoms with Gasteiger partial charge in [0.2, 0.25) is 0 Å². The fourth-order valence-corrected chi connectivity index (χ4v) is 3.09.